The van der Waals surface area contributed by atoms with Crippen molar-refractivity contribution in [2.24, 2.45) is 0 Å². The predicted molar refractivity (Wildman–Crippen MR) is 133 cm³/mol. The van der Waals surface area contributed by atoms with Gasteiger partial charge in [0.2, 0.25) is 0 Å². The van der Waals surface area contributed by atoms with Crippen molar-refractivity contribution in [2.75, 3.05) is 0 Å². The zero-order chi connectivity index (χ0) is 21.7. The zero-order valence-corrected chi connectivity index (χ0v) is 21.1. The summed E-state index contributed by atoms with van der Waals surface area (Å²) >= 11 is 0. The molecular formula is C28H55N2+. The molecule has 0 saturated carbocycles. The SMILES string of the molecule is CCCCCCCCCCCCCCCCn1cc[n+](CCCC)c1CCCCC. The molecule has 1 heterocycles. The van der Waals surface area contributed by atoms with Gasteiger partial charge in [-0.3, -0.25) is 0 Å². The normalized spacial score (nSPS) is 11.4. The maximum Gasteiger partial charge on any atom is 0.256 e. The van der Waals surface area contributed by atoms with E-state index in [0.29, 0.717) is 0 Å². The van der Waals surface area contributed by atoms with Gasteiger partial charge in [-0.15, -0.1) is 0 Å². The van der Waals surface area contributed by atoms with E-state index in [9.17, 15) is 0 Å². The molecular weight excluding hydrogens is 364 g/mol. The van der Waals surface area contributed by atoms with Crippen LogP contribution in [0.5, 0.6) is 0 Å². The third-order valence-electron chi connectivity index (χ3n) is 6.60. The molecule has 1 aromatic heterocycles. The maximum absolute atomic E-state index is 2.56. The monoisotopic (exact) mass is 419 g/mol. The van der Waals surface area contributed by atoms with Crippen LogP contribution in [0.1, 0.15) is 149 Å². The molecule has 1 aromatic rings. The molecule has 0 unspecified atom stereocenters. The van der Waals surface area contributed by atoms with Crippen LogP contribution >= 0.6 is 0 Å². The zero-order valence-electron chi connectivity index (χ0n) is 21.1. The van der Waals surface area contributed by atoms with Crippen LogP contribution in [0.15, 0.2) is 12.4 Å². The maximum atomic E-state index is 2.56. The summed E-state index contributed by atoms with van der Waals surface area (Å²) in [6, 6.07) is 0. The van der Waals surface area contributed by atoms with Gasteiger partial charge in [0.1, 0.15) is 12.4 Å². The van der Waals surface area contributed by atoms with E-state index in [4.69, 9.17) is 0 Å². The number of hydrogen-bond donors (Lipinski definition) is 0. The highest BCUT2D eigenvalue weighted by Crippen LogP contribution is 2.13. The molecule has 0 radical (unpaired) electrons. The van der Waals surface area contributed by atoms with E-state index in [1.54, 1.807) is 5.82 Å². The van der Waals surface area contributed by atoms with Gasteiger partial charge in [-0.2, -0.15) is 0 Å². The standard InChI is InChI=1S/C28H55N2/c1-4-7-10-11-12-13-14-15-16-17-18-19-20-22-25-30-27-26-29(24-9-6-3)28(30)23-21-8-5-2/h26-27H,4-25H2,1-3H3/q+1. The van der Waals surface area contributed by atoms with Crippen LogP contribution in [0.2, 0.25) is 0 Å². The first-order valence-corrected chi connectivity index (χ1v) is 13.9. The van der Waals surface area contributed by atoms with E-state index >= 15 is 0 Å². The molecule has 0 amide bonds. The molecule has 2 nitrogen and oxygen atoms in total. The van der Waals surface area contributed by atoms with Gasteiger partial charge in [-0.25, -0.2) is 9.13 Å². The summed E-state index contributed by atoms with van der Waals surface area (Å²) < 4.78 is 5.09. The van der Waals surface area contributed by atoms with E-state index in [2.05, 4.69) is 42.3 Å². The number of imidazole rings is 1. The van der Waals surface area contributed by atoms with Crippen LogP contribution in [-0.4, -0.2) is 4.57 Å². The first-order chi connectivity index (χ1) is 14.8. The van der Waals surface area contributed by atoms with Crippen LogP contribution in [-0.2, 0) is 19.5 Å². The molecule has 0 spiro atoms. The largest absolute Gasteiger partial charge is 0.256 e. The highest BCUT2D eigenvalue weighted by Gasteiger charge is 2.15. The molecule has 2 heteroatoms. The topological polar surface area (TPSA) is 8.81 Å². The van der Waals surface area contributed by atoms with Crippen molar-refractivity contribution in [1.29, 1.82) is 0 Å². The quantitative estimate of drug-likeness (QED) is 0.131. The number of nitrogens with zero attached hydrogens (tertiary/aromatic N) is 2. The Hall–Kier alpha value is -0.790. The van der Waals surface area contributed by atoms with Gasteiger partial charge < -0.3 is 0 Å². The summed E-state index contributed by atoms with van der Waals surface area (Å²) in [4.78, 5) is 0. The van der Waals surface area contributed by atoms with Gasteiger partial charge in [0.15, 0.2) is 0 Å². The average Bonchev–Trinajstić information content (AvgIpc) is 3.14. The highest BCUT2D eigenvalue weighted by atomic mass is 15.1. The van der Waals surface area contributed by atoms with Crippen molar-refractivity contribution in [1.82, 2.24) is 4.57 Å². The minimum atomic E-state index is 1.20. The van der Waals surface area contributed by atoms with E-state index in [0.717, 1.165) is 0 Å². The van der Waals surface area contributed by atoms with Gasteiger partial charge in [0.05, 0.1) is 13.1 Å². The molecule has 0 bridgehead atoms. The Kier molecular flexibility index (Phi) is 18.3. The van der Waals surface area contributed by atoms with Crippen molar-refractivity contribution < 1.29 is 4.57 Å². The van der Waals surface area contributed by atoms with E-state index in [1.807, 2.05) is 0 Å². The lowest BCUT2D eigenvalue weighted by Gasteiger charge is -2.06. The molecule has 0 aromatic carbocycles. The number of aromatic nitrogens is 2. The second-order valence-corrected chi connectivity index (χ2v) is 9.51. The van der Waals surface area contributed by atoms with Crippen molar-refractivity contribution in [3.05, 3.63) is 18.2 Å². The van der Waals surface area contributed by atoms with Gasteiger partial charge in [-0.1, -0.05) is 117 Å². The molecule has 176 valence electrons. The van der Waals surface area contributed by atoms with Gasteiger partial charge in [0, 0.05) is 6.42 Å². The second-order valence-electron chi connectivity index (χ2n) is 9.51. The predicted octanol–water partition coefficient (Wildman–Crippen LogP) is 8.79. The lowest BCUT2D eigenvalue weighted by molar-refractivity contribution is -0.704. The molecule has 0 aliphatic rings. The van der Waals surface area contributed by atoms with Crippen molar-refractivity contribution in [3.8, 4) is 0 Å². The van der Waals surface area contributed by atoms with Crippen LogP contribution in [0.4, 0.5) is 0 Å². The molecule has 0 N–H and O–H groups in total. The minimum Gasteiger partial charge on any atom is -0.234 e. The summed E-state index contributed by atoms with van der Waals surface area (Å²) in [5, 5.41) is 0. The van der Waals surface area contributed by atoms with E-state index in [-0.39, 0.29) is 0 Å². The second kappa shape index (κ2) is 20.1. The number of rotatable bonds is 22. The first kappa shape index (κ1) is 27.2. The number of hydrogen-bond acceptors (Lipinski definition) is 0. The van der Waals surface area contributed by atoms with Crippen LogP contribution in [0, 0.1) is 0 Å². The fraction of sp³-hybridized carbons (Fsp3) is 0.893. The molecule has 0 aliphatic heterocycles. The Morgan fingerprint density at radius 1 is 0.567 bits per heavy atom. The Morgan fingerprint density at radius 3 is 1.57 bits per heavy atom. The number of aryl methyl sites for hydroxylation is 2. The minimum absolute atomic E-state index is 1.20. The fourth-order valence-electron chi connectivity index (χ4n) is 4.53. The Morgan fingerprint density at radius 2 is 1.03 bits per heavy atom. The molecule has 0 saturated heterocycles. The summed E-state index contributed by atoms with van der Waals surface area (Å²) in [6.45, 7) is 9.32. The summed E-state index contributed by atoms with van der Waals surface area (Å²) in [6.07, 6.45) is 32.7. The molecule has 1 rings (SSSR count). The summed E-state index contributed by atoms with van der Waals surface area (Å²) in [7, 11) is 0. The van der Waals surface area contributed by atoms with Crippen molar-refractivity contribution in [3.63, 3.8) is 0 Å². The van der Waals surface area contributed by atoms with Gasteiger partial charge in [-0.05, 0) is 25.7 Å². The third kappa shape index (κ3) is 13.5. The smallest absolute Gasteiger partial charge is 0.234 e. The van der Waals surface area contributed by atoms with Crippen LogP contribution in [0.3, 0.4) is 0 Å². The summed E-state index contributed by atoms with van der Waals surface area (Å²) in [5.74, 6) is 1.58. The molecule has 0 atom stereocenters. The Balaban J connectivity index is 2.08. The lowest BCUT2D eigenvalue weighted by atomic mass is 10.0. The van der Waals surface area contributed by atoms with Crippen molar-refractivity contribution in [2.45, 2.75) is 162 Å². The Labute approximate surface area is 189 Å². The first-order valence-electron chi connectivity index (χ1n) is 13.9. The Bertz CT molecular complexity index is 477. The highest BCUT2D eigenvalue weighted by molar-refractivity contribution is 4.84. The average molecular weight is 420 g/mol. The van der Waals surface area contributed by atoms with E-state index < -0.39 is 0 Å². The van der Waals surface area contributed by atoms with E-state index in [1.165, 1.54) is 142 Å². The molecule has 0 aliphatic carbocycles. The van der Waals surface area contributed by atoms with Gasteiger partial charge >= 0.3 is 0 Å². The van der Waals surface area contributed by atoms with Crippen LogP contribution < -0.4 is 4.57 Å². The summed E-state index contributed by atoms with van der Waals surface area (Å²) in [5.41, 5.74) is 0. The molecule has 0 fully saturated rings. The fourth-order valence-corrected chi connectivity index (χ4v) is 4.53. The van der Waals surface area contributed by atoms with Crippen molar-refractivity contribution >= 4 is 0 Å². The molecule has 30 heavy (non-hydrogen) atoms. The third-order valence-corrected chi connectivity index (χ3v) is 6.60. The van der Waals surface area contributed by atoms with Crippen LogP contribution in [0.25, 0.3) is 0 Å². The number of unbranched alkanes of at least 4 members (excludes halogenated alkanes) is 16. The lowest BCUT2D eigenvalue weighted by Crippen LogP contribution is -2.37. The van der Waals surface area contributed by atoms with Gasteiger partial charge in [0.25, 0.3) is 5.82 Å².